The van der Waals surface area contributed by atoms with Crippen molar-refractivity contribution in [2.75, 3.05) is 26.4 Å². The van der Waals surface area contributed by atoms with Gasteiger partial charge in [-0.1, -0.05) is 19.3 Å². The zero-order valence-corrected chi connectivity index (χ0v) is 11.9. The predicted molar refractivity (Wildman–Crippen MR) is 74.3 cm³/mol. The van der Waals surface area contributed by atoms with Crippen LogP contribution in [0.1, 0.15) is 57.8 Å². The van der Waals surface area contributed by atoms with E-state index < -0.39 is 5.97 Å². The molecular formula is C15H28O4. The maximum atomic E-state index is 10.3. The summed E-state index contributed by atoms with van der Waals surface area (Å²) in [6.07, 6.45) is 9.05. The highest BCUT2D eigenvalue weighted by molar-refractivity contribution is 5.66. The smallest absolute Gasteiger partial charge is 0.303 e. The van der Waals surface area contributed by atoms with Gasteiger partial charge in [-0.3, -0.25) is 4.79 Å². The molecule has 1 N–H and O–H groups in total. The van der Waals surface area contributed by atoms with Gasteiger partial charge in [0.25, 0.3) is 0 Å². The minimum atomic E-state index is -0.684. The fraction of sp³-hybridized carbons (Fsp3) is 0.933. The molecule has 0 spiro atoms. The van der Waals surface area contributed by atoms with E-state index in [0.29, 0.717) is 6.42 Å². The first-order valence-electron chi connectivity index (χ1n) is 7.66. The van der Waals surface area contributed by atoms with Crippen LogP contribution in [0.15, 0.2) is 0 Å². The van der Waals surface area contributed by atoms with Crippen molar-refractivity contribution in [3.63, 3.8) is 0 Å². The Morgan fingerprint density at radius 1 is 1.05 bits per heavy atom. The van der Waals surface area contributed by atoms with Gasteiger partial charge < -0.3 is 14.6 Å². The van der Waals surface area contributed by atoms with Gasteiger partial charge in [0.05, 0.1) is 0 Å². The van der Waals surface area contributed by atoms with Crippen LogP contribution >= 0.6 is 0 Å². The SMILES string of the molecule is O=C(O)CCCCCCCOCCC1CCOCC1. The van der Waals surface area contributed by atoms with E-state index in [9.17, 15) is 4.79 Å². The van der Waals surface area contributed by atoms with Crippen LogP contribution in [-0.2, 0) is 14.3 Å². The lowest BCUT2D eigenvalue weighted by Gasteiger charge is -2.21. The first-order chi connectivity index (χ1) is 9.29. The van der Waals surface area contributed by atoms with Crippen LogP contribution in [-0.4, -0.2) is 37.5 Å². The Bertz CT molecular complexity index is 224. The number of rotatable bonds is 11. The summed E-state index contributed by atoms with van der Waals surface area (Å²) in [5.74, 6) is 0.112. The molecule has 1 fully saturated rings. The molecule has 0 aliphatic carbocycles. The summed E-state index contributed by atoms with van der Waals surface area (Å²) in [4.78, 5) is 10.3. The maximum Gasteiger partial charge on any atom is 0.303 e. The first kappa shape index (κ1) is 16.4. The molecule has 19 heavy (non-hydrogen) atoms. The molecule has 4 heteroatoms. The number of hydrogen-bond donors (Lipinski definition) is 1. The van der Waals surface area contributed by atoms with Crippen molar-refractivity contribution in [3.8, 4) is 0 Å². The molecule has 0 amide bonds. The number of carbonyl (C=O) groups is 1. The molecule has 0 aromatic heterocycles. The number of carboxylic acids is 1. The highest BCUT2D eigenvalue weighted by Crippen LogP contribution is 2.18. The first-order valence-corrected chi connectivity index (χ1v) is 7.66. The molecule has 0 aromatic rings. The number of unbranched alkanes of at least 4 members (excludes halogenated alkanes) is 4. The Hall–Kier alpha value is -0.610. The van der Waals surface area contributed by atoms with Crippen LogP contribution in [0.3, 0.4) is 0 Å². The lowest BCUT2D eigenvalue weighted by Crippen LogP contribution is -2.17. The van der Waals surface area contributed by atoms with Crippen molar-refractivity contribution < 1.29 is 19.4 Å². The molecular weight excluding hydrogens is 244 g/mol. The lowest BCUT2D eigenvalue weighted by atomic mass is 9.97. The van der Waals surface area contributed by atoms with Gasteiger partial charge in [0.15, 0.2) is 0 Å². The van der Waals surface area contributed by atoms with Crippen molar-refractivity contribution in [2.24, 2.45) is 5.92 Å². The molecule has 0 bridgehead atoms. The molecule has 1 aliphatic rings. The van der Waals surface area contributed by atoms with E-state index in [1.807, 2.05) is 0 Å². The van der Waals surface area contributed by atoms with E-state index in [-0.39, 0.29) is 0 Å². The molecule has 112 valence electrons. The Balaban J connectivity index is 1.74. The lowest BCUT2D eigenvalue weighted by molar-refractivity contribution is -0.137. The van der Waals surface area contributed by atoms with E-state index in [2.05, 4.69) is 0 Å². The van der Waals surface area contributed by atoms with Crippen LogP contribution in [0.25, 0.3) is 0 Å². The second-order valence-corrected chi connectivity index (χ2v) is 5.37. The number of ether oxygens (including phenoxy) is 2. The molecule has 1 aliphatic heterocycles. The van der Waals surface area contributed by atoms with Gasteiger partial charge in [0.2, 0.25) is 0 Å². The van der Waals surface area contributed by atoms with Gasteiger partial charge in [0.1, 0.15) is 0 Å². The van der Waals surface area contributed by atoms with Crippen LogP contribution in [0.2, 0.25) is 0 Å². The van der Waals surface area contributed by atoms with Gasteiger partial charge in [0, 0.05) is 32.8 Å². The van der Waals surface area contributed by atoms with E-state index in [1.54, 1.807) is 0 Å². The number of hydrogen-bond acceptors (Lipinski definition) is 3. The highest BCUT2D eigenvalue weighted by atomic mass is 16.5. The van der Waals surface area contributed by atoms with E-state index in [4.69, 9.17) is 14.6 Å². The van der Waals surface area contributed by atoms with Crippen molar-refractivity contribution in [1.29, 1.82) is 0 Å². The van der Waals surface area contributed by atoms with Crippen molar-refractivity contribution in [2.45, 2.75) is 57.8 Å². The largest absolute Gasteiger partial charge is 0.481 e. The Kier molecular flexibility index (Phi) is 9.72. The monoisotopic (exact) mass is 272 g/mol. The quantitative estimate of drug-likeness (QED) is 0.587. The van der Waals surface area contributed by atoms with Gasteiger partial charge in [-0.05, 0) is 38.0 Å². The Morgan fingerprint density at radius 2 is 1.74 bits per heavy atom. The zero-order valence-electron chi connectivity index (χ0n) is 11.9. The molecule has 4 nitrogen and oxygen atoms in total. The highest BCUT2D eigenvalue weighted by Gasteiger charge is 2.12. The number of carboxylic acid groups (broad SMARTS) is 1. The van der Waals surface area contributed by atoms with Crippen molar-refractivity contribution in [3.05, 3.63) is 0 Å². The molecule has 0 saturated carbocycles. The molecule has 0 radical (unpaired) electrons. The predicted octanol–water partition coefficient (Wildman–Crippen LogP) is 3.24. The Labute approximate surface area is 116 Å². The molecule has 1 rings (SSSR count). The van der Waals surface area contributed by atoms with Crippen LogP contribution in [0.5, 0.6) is 0 Å². The third-order valence-corrected chi connectivity index (χ3v) is 3.69. The molecule has 0 atom stereocenters. The van der Waals surface area contributed by atoms with E-state index in [0.717, 1.165) is 64.4 Å². The number of aliphatic carboxylic acids is 1. The summed E-state index contributed by atoms with van der Waals surface area (Å²) in [5.41, 5.74) is 0. The normalized spacial score (nSPS) is 16.6. The topological polar surface area (TPSA) is 55.8 Å². The minimum Gasteiger partial charge on any atom is -0.481 e. The molecule has 0 aromatic carbocycles. The minimum absolute atomic E-state index is 0.307. The van der Waals surface area contributed by atoms with Gasteiger partial charge in [-0.2, -0.15) is 0 Å². The van der Waals surface area contributed by atoms with Crippen molar-refractivity contribution in [1.82, 2.24) is 0 Å². The Morgan fingerprint density at radius 3 is 2.47 bits per heavy atom. The summed E-state index contributed by atoms with van der Waals surface area (Å²) in [6, 6.07) is 0. The standard InChI is InChI=1S/C15H28O4/c16-15(17)6-4-2-1-3-5-10-18-11-7-14-8-12-19-13-9-14/h14H,1-13H2,(H,16,17). The fourth-order valence-corrected chi connectivity index (χ4v) is 2.40. The molecule has 0 unspecified atom stereocenters. The summed E-state index contributed by atoms with van der Waals surface area (Å²) in [6.45, 7) is 3.56. The summed E-state index contributed by atoms with van der Waals surface area (Å²) >= 11 is 0. The van der Waals surface area contributed by atoms with Crippen LogP contribution in [0.4, 0.5) is 0 Å². The summed E-state index contributed by atoms with van der Waals surface area (Å²) < 4.78 is 11.0. The average molecular weight is 272 g/mol. The zero-order chi connectivity index (χ0) is 13.8. The van der Waals surface area contributed by atoms with Gasteiger partial charge >= 0.3 is 5.97 Å². The third kappa shape index (κ3) is 9.91. The van der Waals surface area contributed by atoms with E-state index >= 15 is 0 Å². The van der Waals surface area contributed by atoms with Crippen LogP contribution < -0.4 is 0 Å². The van der Waals surface area contributed by atoms with Gasteiger partial charge in [-0.15, -0.1) is 0 Å². The van der Waals surface area contributed by atoms with E-state index in [1.165, 1.54) is 19.3 Å². The van der Waals surface area contributed by atoms with Crippen molar-refractivity contribution >= 4 is 5.97 Å². The fourth-order valence-electron chi connectivity index (χ4n) is 2.40. The summed E-state index contributed by atoms with van der Waals surface area (Å²) in [5, 5.41) is 8.49. The average Bonchev–Trinajstić information content (AvgIpc) is 2.42. The second-order valence-electron chi connectivity index (χ2n) is 5.37. The molecule has 1 heterocycles. The second kappa shape index (κ2) is 11.2. The van der Waals surface area contributed by atoms with Gasteiger partial charge in [-0.25, -0.2) is 0 Å². The third-order valence-electron chi connectivity index (χ3n) is 3.69. The maximum absolute atomic E-state index is 10.3. The summed E-state index contributed by atoms with van der Waals surface area (Å²) in [7, 11) is 0. The van der Waals surface area contributed by atoms with Crippen LogP contribution in [0, 0.1) is 5.92 Å². The molecule has 1 saturated heterocycles.